The first-order chi connectivity index (χ1) is 8.21. The van der Waals surface area contributed by atoms with Crippen molar-refractivity contribution in [2.24, 2.45) is 0 Å². The number of hydrogen-bond donors (Lipinski definition) is 1. The lowest BCUT2D eigenvalue weighted by Crippen LogP contribution is -2.14. The largest absolute Gasteiger partial charge is 0.494 e. The summed E-state index contributed by atoms with van der Waals surface area (Å²) in [5.41, 5.74) is 1.90. The number of ether oxygens (including phenoxy) is 1. The van der Waals surface area contributed by atoms with Crippen molar-refractivity contribution in [2.45, 2.75) is 26.7 Å². The minimum Gasteiger partial charge on any atom is -0.494 e. The average molecular weight is 256 g/mol. The van der Waals surface area contributed by atoms with Gasteiger partial charge in [-0.3, -0.25) is 4.79 Å². The van der Waals surface area contributed by atoms with E-state index in [1.54, 1.807) is 0 Å². The number of nitrogens with one attached hydrogen (secondary N) is 1. The number of carbonyl (C=O) groups is 1. The van der Waals surface area contributed by atoms with E-state index in [1.165, 1.54) is 0 Å². The number of hydrogen-bond acceptors (Lipinski definition) is 2. The van der Waals surface area contributed by atoms with E-state index in [4.69, 9.17) is 16.3 Å². The van der Waals surface area contributed by atoms with Crippen molar-refractivity contribution in [3.8, 4) is 5.75 Å². The molecule has 0 saturated heterocycles. The molecule has 17 heavy (non-hydrogen) atoms. The molecule has 0 aliphatic carbocycles. The predicted octanol–water partition coefficient (Wildman–Crippen LogP) is 3.22. The van der Waals surface area contributed by atoms with Crippen molar-refractivity contribution in [2.75, 3.05) is 17.8 Å². The SMILES string of the molecule is CCCc1ccc(OCC)cc1NC(=O)CCl. The maximum absolute atomic E-state index is 11.3. The summed E-state index contributed by atoms with van der Waals surface area (Å²) in [4.78, 5) is 11.3. The fraction of sp³-hybridized carbons (Fsp3) is 0.462. The second-order valence-electron chi connectivity index (χ2n) is 3.68. The third-order valence-electron chi connectivity index (χ3n) is 2.31. The van der Waals surface area contributed by atoms with Gasteiger partial charge in [0.25, 0.3) is 0 Å². The zero-order valence-electron chi connectivity index (χ0n) is 10.3. The van der Waals surface area contributed by atoms with E-state index in [0.717, 1.165) is 29.8 Å². The van der Waals surface area contributed by atoms with Crippen molar-refractivity contribution in [1.29, 1.82) is 0 Å². The Morgan fingerprint density at radius 2 is 2.18 bits per heavy atom. The van der Waals surface area contributed by atoms with Crippen LogP contribution in [0.15, 0.2) is 18.2 Å². The zero-order chi connectivity index (χ0) is 12.7. The molecule has 0 atom stereocenters. The van der Waals surface area contributed by atoms with Gasteiger partial charge in [-0.15, -0.1) is 11.6 Å². The number of halogens is 1. The van der Waals surface area contributed by atoms with Gasteiger partial charge in [0.15, 0.2) is 0 Å². The Hall–Kier alpha value is -1.22. The Bertz CT molecular complexity index is 380. The summed E-state index contributed by atoms with van der Waals surface area (Å²) in [6.07, 6.45) is 1.95. The molecular formula is C13H18ClNO2. The van der Waals surface area contributed by atoms with Crippen LogP contribution in [0.3, 0.4) is 0 Å². The minimum atomic E-state index is -0.197. The summed E-state index contributed by atoms with van der Waals surface area (Å²) in [7, 11) is 0. The van der Waals surface area contributed by atoms with Crippen molar-refractivity contribution in [1.82, 2.24) is 0 Å². The Labute approximate surface area is 107 Å². The Kier molecular flexibility index (Phi) is 5.84. The number of benzene rings is 1. The summed E-state index contributed by atoms with van der Waals surface area (Å²) in [5.74, 6) is 0.527. The van der Waals surface area contributed by atoms with Gasteiger partial charge in [0.2, 0.25) is 5.91 Å². The molecule has 1 amide bonds. The molecule has 0 unspecified atom stereocenters. The molecule has 3 nitrogen and oxygen atoms in total. The van der Waals surface area contributed by atoms with Crippen LogP contribution in [0.1, 0.15) is 25.8 Å². The molecule has 0 heterocycles. The van der Waals surface area contributed by atoms with Crippen LogP contribution in [-0.2, 0) is 11.2 Å². The number of carbonyl (C=O) groups excluding carboxylic acids is 1. The quantitative estimate of drug-likeness (QED) is 0.793. The van der Waals surface area contributed by atoms with Crippen LogP contribution >= 0.6 is 11.6 Å². The first-order valence-electron chi connectivity index (χ1n) is 5.82. The predicted molar refractivity (Wildman–Crippen MR) is 71.0 cm³/mol. The molecule has 0 aromatic heterocycles. The van der Waals surface area contributed by atoms with Gasteiger partial charge < -0.3 is 10.1 Å². The molecule has 1 aromatic carbocycles. The van der Waals surface area contributed by atoms with Crippen LogP contribution in [0.5, 0.6) is 5.75 Å². The van der Waals surface area contributed by atoms with Gasteiger partial charge in [-0.25, -0.2) is 0 Å². The van der Waals surface area contributed by atoms with Gasteiger partial charge in [-0.2, -0.15) is 0 Å². The molecule has 0 aliphatic heterocycles. The Morgan fingerprint density at radius 3 is 2.76 bits per heavy atom. The highest BCUT2D eigenvalue weighted by atomic mass is 35.5. The van der Waals surface area contributed by atoms with E-state index in [1.807, 2.05) is 25.1 Å². The third kappa shape index (κ3) is 4.27. The van der Waals surface area contributed by atoms with Crippen LogP contribution in [0, 0.1) is 0 Å². The van der Waals surface area contributed by atoms with Crippen LogP contribution in [-0.4, -0.2) is 18.4 Å². The highest BCUT2D eigenvalue weighted by molar-refractivity contribution is 6.29. The highest BCUT2D eigenvalue weighted by Crippen LogP contribution is 2.24. The lowest BCUT2D eigenvalue weighted by atomic mass is 10.1. The summed E-state index contributed by atoms with van der Waals surface area (Å²) < 4.78 is 5.41. The molecule has 0 aliphatic rings. The van der Waals surface area contributed by atoms with E-state index < -0.39 is 0 Å². The van der Waals surface area contributed by atoms with E-state index in [0.29, 0.717) is 6.61 Å². The van der Waals surface area contributed by atoms with Crippen LogP contribution in [0.2, 0.25) is 0 Å². The second kappa shape index (κ2) is 7.17. The van der Waals surface area contributed by atoms with Crippen molar-refractivity contribution < 1.29 is 9.53 Å². The van der Waals surface area contributed by atoms with Gasteiger partial charge in [-0.1, -0.05) is 19.4 Å². The molecule has 4 heteroatoms. The smallest absolute Gasteiger partial charge is 0.239 e. The molecule has 0 radical (unpaired) electrons. The first-order valence-corrected chi connectivity index (χ1v) is 6.36. The van der Waals surface area contributed by atoms with Gasteiger partial charge in [0.05, 0.1) is 6.61 Å². The van der Waals surface area contributed by atoms with Gasteiger partial charge >= 0.3 is 0 Å². The first kappa shape index (κ1) is 13.8. The fourth-order valence-electron chi connectivity index (χ4n) is 1.60. The van der Waals surface area contributed by atoms with E-state index in [-0.39, 0.29) is 11.8 Å². The lowest BCUT2D eigenvalue weighted by Gasteiger charge is -2.12. The summed E-state index contributed by atoms with van der Waals surface area (Å²) in [5, 5.41) is 2.79. The van der Waals surface area contributed by atoms with Gasteiger partial charge in [-0.05, 0) is 25.0 Å². The number of anilines is 1. The zero-order valence-corrected chi connectivity index (χ0v) is 11.0. The second-order valence-corrected chi connectivity index (χ2v) is 3.95. The molecule has 1 rings (SSSR count). The van der Waals surface area contributed by atoms with E-state index in [2.05, 4.69) is 12.2 Å². The average Bonchev–Trinajstić information content (AvgIpc) is 2.33. The van der Waals surface area contributed by atoms with Gasteiger partial charge in [0.1, 0.15) is 11.6 Å². The summed E-state index contributed by atoms with van der Waals surface area (Å²) >= 11 is 5.49. The molecule has 94 valence electrons. The Balaban J connectivity index is 2.93. The normalized spacial score (nSPS) is 10.1. The van der Waals surface area contributed by atoms with Crippen LogP contribution < -0.4 is 10.1 Å². The highest BCUT2D eigenvalue weighted by Gasteiger charge is 2.07. The van der Waals surface area contributed by atoms with Gasteiger partial charge in [0, 0.05) is 11.8 Å². The fourth-order valence-corrected chi connectivity index (χ4v) is 1.67. The number of amides is 1. The number of alkyl halides is 1. The number of aryl methyl sites for hydroxylation is 1. The van der Waals surface area contributed by atoms with Crippen molar-refractivity contribution in [3.63, 3.8) is 0 Å². The molecule has 1 N–H and O–H groups in total. The maximum Gasteiger partial charge on any atom is 0.239 e. The van der Waals surface area contributed by atoms with E-state index >= 15 is 0 Å². The summed E-state index contributed by atoms with van der Waals surface area (Å²) in [6, 6.07) is 5.75. The molecule has 1 aromatic rings. The number of rotatable bonds is 6. The topological polar surface area (TPSA) is 38.3 Å². The lowest BCUT2D eigenvalue weighted by molar-refractivity contribution is -0.113. The molecule has 0 spiro atoms. The summed E-state index contributed by atoms with van der Waals surface area (Å²) in [6.45, 7) is 4.64. The molecular weight excluding hydrogens is 238 g/mol. The minimum absolute atomic E-state index is 0.0373. The molecule has 0 fully saturated rings. The van der Waals surface area contributed by atoms with E-state index in [9.17, 15) is 4.79 Å². The molecule has 0 bridgehead atoms. The third-order valence-corrected chi connectivity index (χ3v) is 2.55. The maximum atomic E-state index is 11.3. The van der Waals surface area contributed by atoms with Crippen molar-refractivity contribution in [3.05, 3.63) is 23.8 Å². The molecule has 0 saturated carbocycles. The van der Waals surface area contributed by atoms with Crippen molar-refractivity contribution >= 4 is 23.2 Å². The standard InChI is InChI=1S/C13H18ClNO2/c1-3-5-10-6-7-11(17-4-2)8-12(10)15-13(16)9-14/h6-8H,3-5,9H2,1-2H3,(H,15,16). The Morgan fingerprint density at radius 1 is 1.41 bits per heavy atom. The monoisotopic (exact) mass is 255 g/mol. The van der Waals surface area contributed by atoms with Crippen LogP contribution in [0.25, 0.3) is 0 Å². The van der Waals surface area contributed by atoms with Crippen LogP contribution in [0.4, 0.5) is 5.69 Å².